The Bertz CT molecular complexity index is 961. The summed E-state index contributed by atoms with van der Waals surface area (Å²) < 4.78 is 16.6. The van der Waals surface area contributed by atoms with Gasteiger partial charge in [0, 0.05) is 12.6 Å². The lowest BCUT2D eigenvalue weighted by Gasteiger charge is -2.16. The molecule has 4 nitrogen and oxygen atoms in total. The Kier molecular flexibility index (Phi) is 9.86. The van der Waals surface area contributed by atoms with Crippen molar-refractivity contribution in [1.82, 2.24) is 4.90 Å². The van der Waals surface area contributed by atoms with E-state index in [2.05, 4.69) is 66.6 Å². The topological polar surface area (TPSA) is 30.9 Å². The van der Waals surface area contributed by atoms with Crippen LogP contribution in [0.4, 0.5) is 0 Å². The summed E-state index contributed by atoms with van der Waals surface area (Å²) in [6.07, 6.45) is 7.55. The minimum atomic E-state index is 0.751. The van der Waals surface area contributed by atoms with Crippen LogP contribution in [0.1, 0.15) is 36.0 Å². The van der Waals surface area contributed by atoms with E-state index in [1.54, 1.807) is 14.2 Å². The van der Waals surface area contributed by atoms with Gasteiger partial charge in [0.15, 0.2) is 0 Å². The predicted octanol–water partition coefficient (Wildman–Crippen LogP) is 6.56. The first-order valence-corrected chi connectivity index (χ1v) is 11.5. The molecule has 0 saturated carbocycles. The highest BCUT2D eigenvalue weighted by molar-refractivity contribution is 5.71. The first-order chi connectivity index (χ1) is 16.2. The minimum absolute atomic E-state index is 0.751. The first kappa shape index (κ1) is 24.4. The van der Waals surface area contributed by atoms with Gasteiger partial charge in [-0.1, -0.05) is 54.6 Å². The van der Waals surface area contributed by atoms with Crippen molar-refractivity contribution in [2.45, 2.75) is 25.8 Å². The van der Waals surface area contributed by atoms with Crippen LogP contribution in [0, 0.1) is 0 Å². The fraction of sp³-hybridized carbons (Fsp3) is 0.310. The van der Waals surface area contributed by atoms with Crippen molar-refractivity contribution < 1.29 is 14.2 Å². The Morgan fingerprint density at radius 2 is 1.36 bits per heavy atom. The third-order valence-electron chi connectivity index (χ3n) is 5.47. The van der Waals surface area contributed by atoms with E-state index in [9.17, 15) is 0 Å². The molecule has 0 unspecified atom stereocenters. The maximum absolute atomic E-state index is 5.92. The number of nitrogens with zero attached hydrogens (tertiary/aromatic N) is 1. The number of methoxy groups -OCH3 is 2. The van der Waals surface area contributed by atoms with Crippen molar-refractivity contribution >= 4 is 12.2 Å². The predicted molar refractivity (Wildman–Crippen MR) is 137 cm³/mol. The molecular formula is C29H35NO3. The maximum Gasteiger partial charge on any atom is 0.123 e. The van der Waals surface area contributed by atoms with Crippen molar-refractivity contribution in [2.24, 2.45) is 0 Å². The van der Waals surface area contributed by atoms with E-state index in [1.807, 2.05) is 30.3 Å². The summed E-state index contributed by atoms with van der Waals surface area (Å²) in [5.74, 6) is 2.47. The van der Waals surface area contributed by atoms with Crippen LogP contribution in [0.5, 0.6) is 17.2 Å². The van der Waals surface area contributed by atoms with Gasteiger partial charge in [-0.25, -0.2) is 0 Å². The Morgan fingerprint density at radius 1 is 0.697 bits per heavy atom. The average Bonchev–Trinajstić information content (AvgIpc) is 2.86. The van der Waals surface area contributed by atoms with Gasteiger partial charge < -0.3 is 19.1 Å². The highest BCUT2D eigenvalue weighted by atomic mass is 16.5. The average molecular weight is 446 g/mol. The summed E-state index contributed by atoms with van der Waals surface area (Å²) in [6, 6.07) is 24.7. The van der Waals surface area contributed by atoms with Gasteiger partial charge in [0.1, 0.15) is 17.2 Å². The zero-order valence-corrected chi connectivity index (χ0v) is 20.0. The lowest BCUT2D eigenvalue weighted by molar-refractivity contribution is 0.287. The molecule has 0 heterocycles. The van der Waals surface area contributed by atoms with Crippen molar-refractivity contribution in [1.29, 1.82) is 0 Å². The molecule has 174 valence electrons. The molecule has 0 aromatic heterocycles. The standard InChI is InChI=1S/C29H35NO3/c1-30(23-25-10-6-4-7-11-25)18-8-5-9-19-33-27-16-14-24(15-17-27)12-13-26-20-28(31-2)22-29(21-26)32-3/h4,6-7,10-17,20-22H,5,8-9,18-19,23H2,1-3H3/b13-12+. The van der Waals surface area contributed by atoms with Gasteiger partial charge in [-0.05, 0) is 73.8 Å². The molecule has 0 fully saturated rings. The number of benzene rings is 3. The second-order valence-electron chi connectivity index (χ2n) is 8.18. The molecule has 3 rings (SSSR count). The monoisotopic (exact) mass is 445 g/mol. The minimum Gasteiger partial charge on any atom is -0.497 e. The third kappa shape index (κ3) is 8.66. The van der Waals surface area contributed by atoms with Gasteiger partial charge in [0.2, 0.25) is 0 Å². The van der Waals surface area contributed by atoms with Gasteiger partial charge in [-0.15, -0.1) is 0 Å². The lowest BCUT2D eigenvalue weighted by atomic mass is 10.1. The molecule has 0 aliphatic rings. The quantitative estimate of drug-likeness (QED) is 0.220. The van der Waals surface area contributed by atoms with Crippen molar-refractivity contribution in [3.63, 3.8) is 0 Å². The summed E-state index contributed by atoms with van der Waals surface area (Å²) in [4.78, 5) is 2.38. The molecule has 0 N–H and O–H groups in total. The second kappa shape index (κ2) is 13.3. The molecule has 33 heavy (non-hydrogen) atoms. The van der Waals surface area contributed by atoms with Gasteiger partial charge in [0.05, 0.1) is 20.8 Å². The summed E-state index contributed by atoms with van der Waals surface area (Å²) in [5.41, 5.74) is 3.51. The third-order valence-corrected chi connectivity index (χ3v) is 5.47. The molecule has 0 bridgehead atoms. The molecule has 0 radical (unpaired) electrons. The smallest absolute Gasteiger partial charge is 0.123 e. The molecular weight excluding hydrogens is 410 g/mol. The fourth-order valence-electron chi connectivity index (χ4n) is 3.62. The van der Waals surface area contributed by atoms with Crippen LogP contribution in [-0.2, 0) is 6.54 Å². The normalized spacial score (nSPS) is 11.2. The SMILES string of the molecule is COc1cc(/C=C/c2ccc(OCCCCCN(C)Cc3ccccc3)cc2)cc(OC)c1. The van der Waals surface area contributed by atoms with E-state index in [4.69, 9.17) is 14.2 Å². The van der Waals surface area contributed by atoms with Gasteiger partial charge in [-0.3, -0.25) is 0 Å². The lowest BCUT2D eigenvalue weighted by Crippen LogP contribution is -2.19. The van der Waals surface area contributed by atoms with E-state index in [1.165, 1.54) is 18.4 Å². The summed E-state index contributed by atoms with van der Waals surface area (Å²) in [6.45, 7) is 2.86. The van der Waals surface area contributed by atoms with Crippen LogP contribution >= 0.6 is 0 Å². The number of unbranched alkanes of at least 4 members (excludes halogenated alkanes) is 2. The molecule has 3 aromatic carbocycles. The van der Waals surface area contributed by atoms with Crippen LogP contribution in [0.3, 0.4) is 0 Å². The van der Waals surface area contributed by atoms with Crippen LogP contribution in [-0.4, -0.2) is 39.3 Å². The molecule has 4 heteroatoms. The van der Waals surface area contributed by atoms with E-state index >= 15 is 0 Å². The Hall–Kier alpha value is -3.24. The highest BCUT2D eigenvalue weighted by Gasteiger charge is 2.01. The highest BCUT2D eigenvalue weighted by Crippen LogP contribution is 2.24. The van der Waals surface area contributed by atoms with Crippen LogP contribution < -0.4 is 14.2 Å². The summed E-state index contributed by atoms with van der Waals surface area (Å²) in [5, 5.41) is 0. The van der Waals surface area contributed by atoms with E-state index in [0.29, 0.717) is 0 Å². The van der Waals surface area contributed by atoms with E-state index in [-0.39, 0.29) is 0 Å². The van der Waals surface area contributed by atoms with Crippen LogP contribution in [0.25, 0.3) is 12.2 Å². The summed E-state index contributed by atoms with van der Waals surface area (Å²) in [7, 11) is 5.50. The summed E-state index contributed by atoms with van der Waals surface area (Å²) >= 11 is 0. The second-order valence-corrected chi connectivity index (χ2v) is 8.18. The molecule has 0 amide bonds. The van der Waals surface area contributed by atoms with Gasteiger partial charge >= 0.3 is 0 Å². The molecule has 0 spiro atoms. The molecule has 3 aromatic rings. The number of rotatable bonds is 13. The molecule has 0 aliphatic carbocycles. The first-order valence-electron chi connectivity index (χ1n) is 11.5. The van der Waals surface area contributed by atoms with Crippen LogP contribution in [0.2, 0.25) is 0 Å². The number of hydrogen-bond donors (Lipinski definition) is 0. The zero-order valence-electron chi connectivity index (χ0n) is 20.0. The Balaban J connectivity index is 1.35. The van der Waals surface area contributed by atoms with Crippen LogP contribution in [0.15, 0.2) is 72.8 Å². The molecule has 0 aliphatic heterocycles. The molecule has 0 saturated heterocycles. The van der Waals surface area contributed by atoms with Crippen molar-refractivity contribution in [2.75, 3.05) is 34.4 Å². The Morgan fingerprint density at radius 3 is 2.03 bits per heavy atom. The largest absolute Gasteiger partial charge is 0.497 e. The fourth-order valence-corrected chi connectivity index (χ4v) is 3.62. The maximum atomic E-state index is 5.92. The Labute approximate surface area is 198 Å². The van der Waals surface area contributed by atoms with Crippen molar-refractivity contribution in [3.05, 3.63) is 89.5 Å². The van der Waals surface area contributed by atoms with Crippen molar-refractivity contribution in [3.8, 4) is 17.2 Å². The number of hydrogen-bond acceptors (Lipinski definition) is 4. The van der Waals surface area contributed by atoms with E-state index < -0.39 is 0 Å². The van der Waals surface area contributed by atoms with E-state index in [0.717, 1.165) is 54.5 Å². The number of ether oxygens (including phenoxy) is 3. The molecule has 0 atom stereocenters. The van der Waals surface area contributed by atoms with Gasteiger partial charge in [-0.2, -0.15) is 0 Å². The van der Waals surface area contributed by atoms with Gasteiger partial charge in [0.25, 0.3) is 0 Å². The zero-order chi connectivity index (χ0) is 23.3.